The van der Waals surface area contributed by atoms with Crippen molar-refractivity contribution in [3.05, 3.63) is 29.8 Å². The summed E-state index contributed by atoms with van der Waals surface area (Å²) >= 11 is 1.91. The van der Waals surface area contributed by atoms with Gasteiger partial charge >= 0.3 is 6.09 Å². The minimum absolute atomic E-state index is 0.101. The number of thioether (sulfide) groups is 1. The highest BCUT2D eigenvalue weighted by Crippen LogP contribution is 2.35. The maximum atomic E-state index is 11.4. The monoisotopic (exact) mass is 320 g/mol. The van der Waals surface area contributed by atoms with E-state index >= 15 is 0 Å². The molecule has 2 unspecified atom stereocenters. The van der Waals surface area contributed by atoms with Crippen molar-refractivity contribution in [2.75, 3.05) is 12.3 Å². The van der Waals surface area contributed by atoms with Crippen molar-refractivity contribution in [3.8, 4) is 0 Å². The van der Waals surface area contributed by atoms with Crippen molar-refractivity contribution in [1.29, 1.82) is 0 Å². The zero-order chi connectivity index (χ0) is 15.5. The van der Waals surface area contributed by atoms with Crippen LogP contribution in [0.1, 0.15) is 43.7 Å². The standard InChI is InChI=1S/C17H24N2O2S/c18-16(15-3-1-2-10-19(15)17(20)21)13-6-8-14(9-7-13)22-11-12-4-5-12/h6-9,12,15-16H,1-5,10-11,18H2,(H,20,21). The van der Waals surface area contributed by atoms with Gasteiger partial charge in [-0.05, 0) is 55.7 Å². The normalized spacial score (nSPS) is 23.3. The zero-order valence-corrected chi connectivity index (χ0v) is 13.6. The van der Waals surface area contributed by atoms with E-state index in [1.54, 1.807) is 0 Å². The highest BCUT2D eigenvalue weighted by molar-refractivity contribution is 7.99. The topological polar surface area (TPSA) is 66.6 Å². The Morgan fingerprint density at radius 1 is 1.27 bits per heavy atom. The average molecular weight is 320 g/mol. The fraction of sp³-hybridized carbons (Fsp3) is 0.588. The molecule has 0 spiro atoms. The fourth-order valence-electron chi connectivity index (χ4n) is 3.08. The third-order valence-electron chi connectivity index (χ3n) is 4.66. The maximum Gasteiger partial charge on any atom is 0.407 e. The van der Waals surface area contributed by atoms with Crippen molar-refractivity contribution in [2.45, 2.75) is 49.1 Å². The Morgan fingerprint density at radius 3 is 2.64 bits per heavy atom. The minimum Gasteiger partial charge on any atom is -0.465 e. The van der Waals surface area contributed by atoms with Gasteiger partial charge < -0.3 is 15.7 Å². The van der Waals surface area contributed by atoms with Crippen LogP contribution < -0.4 is 5.73 Å². The van der Waals surface area contributed by atoms with E-state index < -0.39 is 6.09 Å². The number of carboxylic acid groups (broad SMARTS) is 1. The lowest BCUT2D eigenvalue weighted by Gasteiger charge is -2.37. The van der Waals surface area contributed by atoms with Gasteiger partial charge in [0.1, 0.15) is 0 Å². The zero-order valence-electron chi connectivity index (χ0n) is 12.8. The molecule has 0 radical (unpaired) electrons. The molecule has 2 fully saturated rings. The predicted octanol–water partition coefficient (Wildman–Crippen LogP) is 3.72. The number of hydrogen-bond donors (Lipinski definition) is 2. The first kappa shape index (κ1) is 15.7. The van der Waals surface area contributed by atoms with Crippen molar-refractivity contribution >= 4 is 17.9 Å². The highest BCUT2D eigenvalue weighted by atomic mass is 32.2. The molecule has 1 heterocycles. The van der Waals surface area contributed by atoms with Crippen LogP contribution in [0.3, 0.4) is 0 Å². The Kier molecular flexibility index (Phi) is 4.93. The molecule has 0 bridgehead atoms. The summed E-state index contributed by atoms with van der Waals surface area (Å²) in [4.78, 5) is 14.2. The van der Waals surface area contributed by atoms with Crippen LogP contribution in [0, 0.1) is 5.92 Å². The molecule has 3 rings (SSSR count). The molecular weight excluding hydrogens is 296 g/mol. The van der Waals surface area contributed by atoms with Crippen molar-refractivity contribution < 1.29 is 9.90 Å². The number of carbonyl (C=O) groups is 1. The molecule has 0 aromatic heterocycles. The van der Waals surface area contributed by atoms with Gasteiger partial charge in [0.05, 0.1) is 12.1 Å². The van der Waals surface area contributed by atoms with Gasteiger partial charge in [0, 0.05) is 17.2 Å². The van der Waals surface area contributed by atoms with E-state index in [1.807, 2.05) is 11.8 Å². The number of likely N-dealkylation sites (tertiary alicyclic amines) is 1. The molecule has 1 amide bonds. The first-order chi connectivity index (χ1) is 10.6. The van der Waals surface area contributed by atoms with Gasteiger partial charge in [0.15, 0.2) is 0 Å². The summed E-state index contributed by atoms with van der Waals surface area (Å²) in [7, 11) is 0. The number of amides is 1. The van der Waals surface area contributed by atoms with E-state index in [2.05, 4.69) is 24.3 Å². The van der Waals surface area contributed by atoms with Crippen LogP contribution in [0.2, 0.25) is 0 Å². The fourth-order valence-corrected chi connectivity index (χ4v) is 4.17. The van der Waals surface area contributed by atoms with Crippen molar-refractivity contribution in [2.24, 2.45) is 11.7 Å². The van der Waals surface area contributed by atoms with Gasteiger partial charge in [-0.3, -0.25) is 0 Å². The molecule has 4 nitrogen and oxygen atoms in total. The number of piperidine rings is 1. The largest absolute Gasteiger partial charge is 0.465 e. The van der Waals surface area contributed by atoms with Crippen LogP contribution in [0.4, 0.5) is 4.79 Å². The Labute approximate surface area is 136 Å². The third-order valence-corrected chi connectivity index (χ3v) is 5.90. The summed E-state index contributed by atoms with van der Waals surface area (Å²) in [6.07, 6.45) is 4.75. The summed E-state index contributed by atoms with van der Waals surface area (Å²) in [5.41, 5.74) is 7.40. The number of nitrogens with two attached hydrogens (primary N) is 1. The van der Waals surface area contributed by atoms with Crippen LogP contribution in [-0.2, 0) is 0 Å². The molecule has 1 aliphatic heterocycles. The van der Waals surface area contributed by atoms with Crippen LogP contribution in [0.25, 0.3) is 0 Å². The number of benzene rings is 1. The Morgan fingerprint density at radius 2 is 2.00 bits per heavy atom. The van der Waals surface area contributed by atoms with E-state index in [0.717, 1.165) is 30.7 Å². The second-order valence-electron chi connectivity index (χ2n) is 6.39. The van der Waals surface area contributed by atoms with Crippen molar-refractivity contribution in [1.82, 2.24) is 4.90 Å². The quantitative estimate of drug-likeness (QED) is 0.811. The van der Waals surface area contributed by atoms with Gasteiger partial charge in [0.25, 0.3) is 0 Å². The smallest absolute Gasteiger partial charge is 0.407 e. The third kappa shape index (κ3) is 3.76. The predicted molar refractivity (Wildman–Crippen MR) is 89.2 cm³/mol. The van der Waals surface area contributed by atoms with E-state index in [0.29, 0.717) is 6.54 Å². The molecule has 1 aromatic carbocycles. The first-order valence-electron chi connectivity index (χ1n) is 8.13. The maximum absolute atomic E-state index is 11.4. The number of nitrogens with zero attached hydrogens (tertiary/aromatic N) is 1. The molecule has 120 valence electrons. The Bertz CT molecular complexity index is 516. The molecule has 2 aliphatic rings. The molecule has 2 atom stereocenters. The van der Waals surface area contributed by atoms with Crippen LogP contribution >= 0.6 is 11.8 Å². The summed E-state index contributed by atoms with van der Waals surface area (Å²) in [6.45, 7) is 0.600. The molecular formula is C17H24N2O2S. The van der Waals surface area contributed by atoms with Crippen LogP contribution in [0.15, 0.2) is 29.2 Å². The van der Waals surface area contributed by atoms with Gasteiger partial charge in [-0.1, -0.05) is 12.1 Å². The number of rotatable bonds is 5. The first-order valence-corrected chi connectivity index (χ1v) is 9.11. The van der Waals surface area contributed by atoms with Crippen molar-refractivity contribution in [3.63, 3.8) is 0 Å². The molecule has 1 saturated carbocycles. The SMILES string of the molecule is NC(c1ccc(SCC2CC2)cc1)C1CCCCN1C(=O)O. The second-order valence-corrected chi connectivity index (χ2v) is 7.48. The van der Waals surface area contributed by atoms with Gasteiger partial charge in [0.2, 0.25) is 0 Å². The summed E-state index contributed by atoms with van der Waals surface area (Å²) in [6, 6.07) is 8.03. The van der Waals surface area contributed by atoms with E-state index in [1.165, 1.54) is 28.4 Å². The number of hydrogen-bond acceptors (Lipinski definition) is 3. The molecule has 1 saturated heterocycles. The summed E-state index contributed by atoms with van der Waals surface area (Å²) in [5, 5.41) is 9.34. The lowest BCUT2D eigenvalue weighted by atomic mass is 9.92. The highest BCUT2D eigenvalue weighted by Gasteiger charge is 2.31. The van der Waals surface area contributed by atoms with Gasteiger partial charge in [-0.25, -0.2) is 4.79 Å². The summed E-state index contributed by atoms with van der Waals surface area (Å²) in [5.74, 6) is 2.12. The van der Waals surface area contributed by atoms with Gasteiger partial charge in [-0.15, -0.1) is 11.8 Å². The van der Waals surface area contributed by atoms with Gasteiger partial charge in [-0.2, -0.15) is 0 Å². The molecule has 1 aromatic rings. The lowest BCUT2D eigenvalue weighted by Crippen LogP contribution is -2.48. The van der Waals surface area contributed by atoms with E-state index in [-0.39, 0.29) is 12.1 Å². The molecule has 1 aliphatic carbocycles. The molecule has 3 N–H and O–H groups in total. The van der Waals surface area contributed by atoms with E-state index in [9.17, 15) is 9.90 Å². The molecule has 5 heteroatoms. The van der Waals surface area contributed by atoms with Crippen LogP contribution in [-0.4, -0.2) is 34.4 Å². The van der Waals surface area contributed by atoms with Crippen LogP contribution in [0.5, 0.6) is 0 Å². The Hall–Kier alpha value is -1.20. The second kappa shape index (κ2) is 6.92. The Balaban J connectivity index is 1.64. The minimum atomic E-state index is -0.850. The summed E-state index contributed by atoms with van der Waals surface area (Å²) < 4.78 is 0. The molecule has 22 heavy (non-hydrogen) atoms. The lowest BCUT2D eigenvalue weighted by molar-refractivity contribution is 0.0967. The van der Waals surface area contributed by atoms with E-state index in [4.69, 9.17) is 5.73 Å². The average Bonchev–Trinajstić information content (AvgIpc) is 3.37.